The molecule has 2 heterocycles. The molecule has 0 atom stereocenters. The molecule has 0 bridgehead atoms. The summed E-state index contributed by atoms with van der Waals surface area (Å²) in [5, 5.41) is 3.41. The van der Waals surface area contributed by atoms with Gasteiger partial charge in [0.25, 0.3) is 0 Å². The quantitative estimate of drug-likeness (QED) is 0.905. The average Bonchev–Trinajstić information content (AvgIpc) is 2.37. The number of hydrogen-bond donors (Lipinski definition) is 1. The molecule has 2 fully saturated rings. The number of nitrogens with zero attached hydrogens (tertiary/aromatic N) is 3. The Kier molecular flexibility index (Phi) is 3.69. The summed E-state index contributed by atoms with van der Waals surface area (Å²) < 4.78 is 0. The number of hydrogen-bond acceptors (Lipinski definition) is 4. The molecule has 19 heavy (non-hydrogen) atoms. The number of nitrogens with one attached hydrogen (secondary N) is 1. The average molecular weight is 260 g/mol. The van der Waals surface area contributed by atoms with Gasteiger partial charge in [-0.25, -0.2) is 9.97 Å². The topological polar surface area (TPSA) is 41.1 Å². The molecule has 2 aliphatic rings. The molecule has 1 N–H and O–H groups in total. The first-order valence-electron chi connectivity index (χ1n) is 7.58. The fourth-order valence-corrected chi connectivity index (χ4v) is 2.81. The van der Waals surface area contributed by atoms with E-state index >= 15 is 0 Å². The fraction of sp³-hybridized carbons (Fsp3) is 0.733. The van der Waals surface area contributed by atoms with Crippen molar-refractivity contribution in [3.05, 3.63) is 17.7 Å². The van der Waals surface area contributed by atoms with Crippen LogP contribution in [0.1, 0.15) is 56.5 Å². The molecule has 4 nitrogen and oxygen atoms in total. The van der Waals surface area contributed by atoms with Crippen molar-refractivity contribution in [2.24, 2.45) is 0 Å². The summed E-state index contributed by atoms with van der Waals surface area (Å²) in [6.07, 6.45) is 6.02. The molecule has 1 aromatic rings. The van der Waals surface area contributed by atoms with Crippen molar-refractivity contribution in [2.45, 2.75) is 44.9 Å². The second kappa shape index (κ2) is 5.45. The minimum absolute atomic E-state index is 0.413. The van der Waals surface area contributed by atoms with E-state index in [1.165, 1.54) is 30.6 Å². The van der Waals surface area contributed by atoms with E-state index in [4.69, 9.17) is 4.98 Å². The number of anilines is 1. The molecule has 3 rings (SSSR count). The molecule has 0 amide bonds. The standard InChI is InChI=1S/C15H24N4/c1-11(2)15-17-10-13(19-8-6-16-7-9-19)14(18-15)12-4-3-5-12/h10-12,16H,3-9H2,1-2H3. The summed E-state index contributed by atoms with van der Waals surface area (Å²) in [7, 11) is 0. The lowest BCUT2D eigenvalue weighted by molar-refractivity contribution is 0.408. The Balaban J connectivity index is 1.92. The van der Waals surface area contributed by atoms with Gasteiger partial charge in [-0.15, -0.1) is 0 Å². The van der Waals surface area contributed by atoms with Crippen molar-refractivity contribution < 1.29 is 0 Å². The van der Waals surface area contributed by atoms with Crippen LogP contribution in [0.4, 0.5) is 5.69 Å². The van der Waals surface area contributed by atoms with E-state index in [9.17, 15) is 0 Å². The van der Waals surface area contributed by atoms with Gasteiger partial charge in [0.15, 0.2) is 0 Å². The molecule has 104 valence electrons. The van der Waals surface area contributed by atoms with Crippen molar-refractivity contribution in [1.29, 1.82) is 0 Å². The molecule has 4 heteroatoms. The van der Waals surface area contributed by atoms with Gasteiger partial charge in [-0.2, -0.15) is 0 Å². The summed E-state index contributed by atoms with van der Waals surface area (Å²) in [5.41, 5.74) is 2.60. The highest BCUT2D eigenvalue weighted by molar-refractivity contribution is 5.51. The first-order chi connectivity index (χ1) is 9.25. The molecule has 0 radical (unpaired) electrons. The maximum atomic E-state index is 4.90. The van der Waals surface area contributed by atoms with Crippen LogP contribution in [-0.4, -0.2) is 36.1 Å². The molecule has 0 spiro atoms. The fourth-order valence-electron chi connectivity index (χ4n) is 2.81. The van der Waals surface area contributed by atoms with Gasteiger partial charge < -0.3 is 10.2 Å². The zero-order valence-electron chi connectivity index (χ0n) is 12.0. The third-order valence-electron chi connectivity index (χ3n) is 4.28. The highest BCUT2D eigenvalue weighted by Crippen LogP contribution is 2.40. The molecule has 1 aliphatic carbocycles. The van der Waals surface area contributed by atoms with Crippen molar-refractivity contribution >= 4 is 5.69 Å². The molecular formula is C15H24N4. The van der Waals surface area contributed by atoms with Crippen LogP contribution >= 0.6 is 0 Å². The van der Waals surface area contributed by atoms with Crippen LogP contribution in [0.15, 0.2) is 6.20 Å². The maximum Gasteiger partial charge on any atom is 0.131 e. The highest BCUT2D eigenvalue weighted by Gasteiger charge is 2.27. The third kappa shape index (κ3) is 2.59. The van der Waals surface area contributed by atoms with Gasteiger partial charge in [-0.05, 0) is 12.8 Å². The first-order valence-corrected chi connectivity index (χ1v) is 7.58. The summed E-state index contributed by atoms with van der Waals surface area (Å²) in [4.78, 5) is 11.9. The monoisotopic (exact) mass is 260 g/mol. The smallest absolute Gasteiger partial charge is 0.131 e. The highest BCUT2D eigenvalue weighted by atomic mass is 15.2. The second-order valence-electron chi connectivity index (χ2n) is 6.02. The maximum absolute atomic E-state index is 4.90. The molecule has 1 aromatic heterocycles. The lowest BCUT2D eigenvalue weighted by atomic mass is 9.82. The van der Waals surface area contributed by atoms with Crippen LogP contribution in [0.25, 0.3) is 0 Å². The van der Waals surface area contributed by atoms with E-state index < -0.39 is 0 Å². The van der Waals surface area contributed by atoms with E-state index in [2.05, 4.69) is 35.2 Å². The second-order valence-corrected chi connectivity index (χ2v) is 6.02. The summed E-state index contributed by atoms with van der Waals surface area (Å²) in [6.45, 7) is 8.62. The van der Waals surface area contributed by atoms with Gasteiger partial charge in [-0.1, -0.05) is 20.3 Å². The van der Waals surface area contributed by atoms with Crippen molar-refractivity contribution in [2.75, 3.05) is 31.1 Å². The van der Waals surface area contributed by atoms with Gasteiger partial charge in [0.2, 0.25) is 0 Å². The van der Waals surface area contributed by atoms with Crippen molar-refractivity contribution in [1.82, 2.24) is 15.3 Å². The molecule has 0 unspecified atom stereocenters. The van der Waals surface area contributed by atoms with Gasteiger partial charge in [0, 0.05) is 38.0 Å². The van der Waals surface area contributed by atoms with Gasteiger partial charge in [-0.3, -0.25) is 0 Å². The number of rotatable bonds is 3. The summed E-state index contributed by atoms with van der Waals surface area (Å²) in [6, 6.07) is 0. The predicted octanol–water partition coefficient (Wildman–Crippen LogP) is 2.28. The van der Waals surface area contributed by atoms with Crippen LogP contribution in [0, 0.1) is 0 Å². The lowest BCUT2D eigenvalue weighted by Crippen LogP contribution is -2.44. The van der Waals surface area contributed by atoms with Crippen molar-refractivity contribution in [3.63, 3.8) is 0 Å². The largest absolute Gasteiger partial charge is 0.366 e. The zero-order chi connectivity index (χ0) is 13.2. The third-order valence-corrected chi connectivity index (χ3v) is 4.28. The normalized spacial score (nSPS) is 20.7. The van der Waals surface area contributed by atoms with Gasteiger partial charge in [0.05, 0.1) is 17.6 Å². The Morgan fingerprint density at radius 3 is 2.58 bits per heavy atom. The Hall–Kier alpha value is -1.16. The van der Waals surface area contributed by atoms with Crippen LogP contribution in [0.2, 0.25) is 0 Å². The molecule has 1 saturated carbocycles. The first kappa shape index (κ1) is 12.9. The van der Waals surface area contributed by atoms with Crippen molar-refractivity contribution in [3.8, 4) is 0 Å². The van der Waals surface area contributed by atoms with Gasteiger partial charge in [0.1, 0.15) is 5.82 Å². The van der Waals surface area contributed by atoms with Gasteiger partial charge >= 0.3 is 0 Å². The van der Waals surface area contributed by atoms with E-state index in [1.54, 1.807) is 0 Å². The van der Waals surface area contributed by atoms with Crippen LogP contribution < -0.4 is 10.2 Å². The molecular weight excluding hydrogens is 236 g/mol. The van der Waals surface area contributed by atoms with E-state index in [1.807, 2.05) is 0 Å². The van der Waals surface area contributed by atoms with Crippen LogP contribution in [-0.2, 0) is 0 Å². The minimum atomic E-state index is 0.413. The van der Waals surface area contributed by atoms with E-state index in [-0.39, 0.29) is 0 Å². The summed E-state index contributed by atoms with van der Waals surface area (Å²) >= 11 is 0. The minimum Gasteiger partial charge on any atom is -0.366 e. The van der Waals surface area contributed by atoms with E-state index in [0.29, 0.717) is 11.8 Å². The zero-order valence-corrected chi connectivity index (χ0v) is 12.0. The van der Waals surface area contributed by atoms with Crippen LogP contribution in [0.5, 0.6) is 0 Å². The number of aromatic nitrogens is 2. The Labute approximate surface area is 115 Å². The van der Waals surface area contributed by atoms with Crippen LogP contribution in [0.3, 0.4) is 0 Å². The number of piperazine rings is 1. The SMILES string of the molecule is CC(C)c1ncc(N2CCNCC2)c(C2CCC2)n1. The Bertz CT molecular complexity index is 434. The Morgan fingerprint density at radius 1 is 1.26 bits per heavy atom. The van der Waals surface area contributed by atoms with E-state index in [0.717, 1.165) is 32.0 Å². The molecule has 1 aliphatic heterocycles. The predicted molar refractivity (Wildman–Crippen MR) is 77.8 cm³/mol. The molecule has 1 saturated heterocycles. The Morgan fingerprint density at radius 2 is 2.00 bits per heavy atom. The molecule has 0 aromatic carbocycles. The summed E-state index contributed by atoms with van der Waals surface area (Å²) in [5.74, 6) is 2.09. The lowest BCUT2D eigenvalue weighted by Gasteiger charge is -2.34.